The van der Waals surface area contributed by atoms with Gasteiger partial charge in [0, 0.05) is 12.8 Å². The largest absolute Gasteiger partial charge is 0.493 e. The molecule has 0 aromatic carbocycles. The van der Waals surface area contributed by atoms with Gasteiger partial charge in [0.2, 0.25) is 5.88 Å². The third kappa shape index (κ3) is 4.79. The fourth-order valence-corrected chi connectivity index (χ4v) is 2.86. The minimum absolute atomic E-state index is 0.0508. The molecule has 13 nitrogen and oxygen atoms in total. The van der Waals surface area contributed by atoms with Crippen molar-refractivity contribution in [1.29, 1.82) is 0 Å². The third-order valence-electron chi connectivity index (χ3n) is 3.46. The highest BCUT2D eigenvalue weighted by atomic mass is 32.2. The fraction of sp³-hybridized carbons (Fsp3) is 0.462. The second-order valence-electron chi connectivity index (χ2n) is 5.47. The summed E-state index contributed by atoms with van der Waals surface area (Å²) in [6.07, 6.45) is -0.814. The van der Waals surface area contributed by atoms with E-state index in [0.29, 0.717) is 5.06 Å². The Bertz CT molecular complexity index is 831. The highest BCUT2D eigenvalue weighted by molar-refractivity contribution is 7.87. The zero-order chi connectivity index (χ0) is 20.4. The molecular weight excluding hydrogens is 392 g/mol. The number of aliphatic hydroxyl groups excluding tert-OH is 1. The number of nitrogens with zero attached hydrogens (tertiary/aromatic N) is 2. The SMILES string of the molecule is O=C(CCCC(=O)ON1C(=O)CC=C1O)ON1C(=O)CC(S(=O)(=O)O)C1=O. The van der Waals surface area contributed by atoms with Crippen LogP contribution in [0.3, 0.4) is 0 Å². The van der Waals surface area contributed by atoms with E-state index < -0.39 is 63.8 Å². The first kappa shape index (κ1) is 20.3. The summed E-state index contributed by atoms with van der Waals surface area (Å²) in [5.74, 6) is -5.75. The highest BCUT2D eigenvalue weighted by Crippen LogP contribution is 2.20. The van der Waals surface area contributed by atoms with E-state index in [1.54, 1.807) is 0 Å². The van der Waals surface area contributed by atoms with E-state index in [0.717, 1.165) is 6.08 Å². The molecule has 3 amide bonds. The zero-order valence-electron chi connectivity index (χ0n) is 13.6. The Hall–Kier alpha value is -3.00. The lowest BCUT2D eigenvalue weighted by Gasteiger charge is -2.15. The van der Waals surface area contributed by atoms with Gasteiger partial charge in [-0.2, -0.15) is 8.42 Å². The molecule has 148 valence electrons. The lowest BCUT2D eigenvalue weighted by Crippen LogP contribution is -2.36. The number of carbonyl (C=O) groups is 5. The van der Waals surface area contributed by atoms with Gasteiger partial charge in [-0.1, -0.05) is 0 Å². The quantitative estimate of drug-likeness (QED) is 0.379. The molecule has 0 spiro atoms. The van der Waals surface area contributed by atoms with Crippen molar-refractivity contribution < 1.29 is 51.7 Å². The Morgan fingerprint density at radius 2 is 1.63 bits per heavy atom. The topological polar surface area (TPSA) is 185 Å². The Labute approximate surface area is 151 Å². The second-order valence-corrected chi connectivity index (χ2v) is 7.07. The lowest BCUT2D eigenvalue weighted by atomic mass is 10.2. The van der Waals surface area contributed by atoms with Crippen LogP contribution in [-0.4, -0.2) is 63.1 Å². The van der Waals surface area contributed by atoms with E-state index in [1.807, 2.05) is 0 Å². The van der Waals surface area contributed by atoms with Gasteiger partial charge in [0.05, 0.1) is 12.8 Å². The number of imide groups is 1. The molecule has 0 saturated carbocycles. The number of carbonyl (C=O) groups excluding carboxylic acids is 5. The van der Waals surface area contributed by atoms with Gasteiger partial charge in [0.1, 0.15) is 0 Å². The van der Waals surface area contributed by atoms with Gasteiger partial charge in [0.25, 0.3) is 27.8 Å². The van der Waals surface area contributed by atoms with Crippen LogP contribution in [0.5, 0.6) is 0 Å². The lowest BCUT2D eigenvalue weighted by molar-refractivity contribution is -0.198. The Morgan fingerprint density at radius 3 is 2.07 bits per heavy atom. The molecule has 0 bridgehead atoms. The first-order valence-electron chi connectivity index (χ1n) is 7.47. The molecule has 2 aliphatic rings. The van der Waals surface area contributed by atoms with Crippen molar-refractivity contribution in [3.63, 3.8) is 0 Å². The van der Waals surface area contributed by atoms with Gasteiger partial charge in [-0.3, -0.25) is 18.9 Å². The second kappa shape index (κ2) is 7.71. The standard InChI is InChI=1S/C13H14N2O11S/c16-8-4-5-9(17)14(8)25-11(19)2-1-3-12(20)26-15-10(18)6-7(13(15)21)27(22,23)24/h4,7,16H,1-3,5-6H2,(H,22,23,24). The van der Waals surface area contributed by atoms with Crippen molar-refractivity contribution in [3.8, 4) is 0 Å². The molecule has 1 atom stereocenters. The van der Waals surface area contributed by atoms with Crippen molar-refractivity contribution in [2.75, 3.05) is 0 Å². The van der Waals surface area contributed by atoms with E-state index >= 15 is 0 Å². The number of hydrogen-bond acceptors (Lipinski definition) is 10. The van der Waals surface area contributed by atoms with Crippen LogP contribution in [0.4, 0.5) is 0 Å². The first-order valence-corrected chi connectivity index (χ1v) is 8.97. The van der Waals surface area contributed by atoms with Crippen LogP contribution >= 0.6 is 0 Å². The molecule has 0 radical (unpaired) electrons. The first-order chi connectivity index (χ1) is 12.5. The summed E-state index contributed by atoms with van der Waals surface area (Å²) < 4.78 is 30.8. The summed E-state index contributed by atoms with van der Waals surface area (Å²) in [7, 11) is -4.82. The number of hydrogen-bond donors (Lipinski definition) is 2. The number of rotatable bonds is 7. The molecular formula is C13H14N2O11S. The van der Waals surface area contributed by atoms with Crippen molar-refractivity contribution in [2.45, 2.75) is 37.4 Å². The molecule has 0 aliphatic carbocycles. The van der Waals surface area contributed by atoms with Crippen LogP contribution in [-0.2, 0) is 43.8 Å². The minimum atomic E-state index is -4.82. The van der Waals surface area contributed by atoms with Crippen LogP contribution in [0.1, 0.15) is 32.1 Å². The molecule has 2 aliphatic heterocycles. The average molecular weight is 406 g/mol. The van der Waals surface area contributed by atoms with Crippen molar-refractivity contribution >= 4 is 39.8 Å². The summed E-state index contributed by atoms with van der Waals surface area (Å²) in [4.78, 5) is 66.7. The molecule has 2 N–H and O–H groups in total. The third-order valence-corrected chi connectivity index (χ3v) is 4.55. The van der Waals surface area contributed by atoms with E-state index in [2.05, 4.69) is 9.68 Å². The van der Waals surface area contributed by atoms with Crippen LogP contribution < -0.4 is 0 Å². The Kier molecular flexibility index (Phi) is 5.80. The van der Waals surface area contributed by atoms with Crippen LogP contribution in [0.25, 0.3) is 0 Å². The molecule has 0 aromatic rings. The Balaban J connectivity index is 1.77. The minimum Gasteiger partial charge on any atom is -0.493 e. The van der Waals surface area contributed by atoms with Gasteiger partial charge < -0.3 is 14.8 Å². The molecule has 0 aromatic heterocycles. The highest BCUT2D eigenvalue weighted by Gasteiger charge is 2.48. The molecule has 2 heterocycles. The van der Waals surface area contributed by atoms with Crippen LogP contribution in [0.2, 0.25) is 0 Å². The monoisotopic (exact) mass is 406 g/mol. The van der Waals surface area contributed by atoms with Crippen molar-refractivity contribution in [3.05, 3.63) is 12.0 Å². The van der Waals surface area contributed by atoms with Gasteiger partial charge in [-0.25, -0.2) is 9.59 Å². The summed E-state index contributed by atoms with van der Waals surface area (Å²) in [6, 6.07) is 0. The van der Waals surface area contributed by atoms with Gasteiger partial charge in [0.15, 0.2) is 5.25 Å². The zero-order valence-corrected chi connectivity index (χ0v) is 14.4. The molecule has 14 heteroatoms. The maximum atomic E-state index is 11.7. The van der Waals surface area contributed by atoms with Crippen molar-refractivity contribution in [2.24, 2.45) is 0 Å². The molecule has 27 heavy (non-hydrogen) atoms. The summed E-state index contributed by atoms with van der Waals surface area (Å²) >= 11 is 0. The number of aliphatic hydroxyl groups is 1. The summed E-state index contributed by atoms with van der Waals surface area (Å²) in [6.45, 7) is 0. The average Bonchev–Trinajstić information content (AvgIpc) is 3.02. The van der Waals surface area contributed by atoms with E-state index in [-0.39, 0.29) is 24.3 Å². The predicted molar refractivity (Wildman–Crippen MR) is 80.0 cm³/mol. The normalized spacial score (nSPS) is 20.1. The molecule has 1 saturated heterocycles. The summed E-state index contributed by atoms with van der Waals surface area (Å²) in [5, 5.41) is 7.61. The molecule has 1 fully saturated rings. The van der Waals surface area contributed by atoms with Gasteiger partial charge >= 0.3 is 11.9 Å². The predicted octanol–water partition coefficient (Wildman–Crippen LogP) is -1.28. The van der Waals surface area contributed by atoms with E-state index in [1.165, 1.54) is 0 Å². The maximum Gasteiger partial charge on any atom is 0.333 e. The fourth-order valence-electron chi connectivity index (χ4n) is 2.15. The van der Waals surface area contributed by atoms with E-state index in [4.69, 9.17) is 4.55 Å². The maximum absolute atomic E-state index is 11.7. The van der Waals surface area contributed by atoms with Gasteiger partial charge in [-0.05, 0) is 12.5 Å². The number of hydroxylamine groups is 4. The molecule has 2 rings (SSSR count). The van der Waals surface area contributed by atoms with Crippen LogP contribution in [0, 0.1) is 0 Å². The molecule has 1 unspecified atom stereocenters. The smallest absolute Gasteiger partial charge is 0.333 e. The van der Waals surface area contributed by atoms with Crippen molar-refractivity contribution in [1.82, 2.24) is 10.1 Å². The Morgan fingerprint density at radius 1 is 1.07 bits per heavy atom. The summed E-state index contributed by atoms with van der Waals surface area (Å²) in [5.41, 5.74) is 0. The van der Waals surface area contributed by atoms with Gasteiger partial charge in [-0.15, -0.1) is 10.1 Å². The number of amides is 3. The van der Waals surface area contributed by atoms with Crippen LogP contribution in [0.15, 0.2) is 12.0 Å². The van der Waals surface area contributed by atoms with E-state index in [9.17, 15) is 37.5 Å².